The zero-order valence-corrected chi connectivity index (χ0v) is 10.4. The lowest BCUT2D eigenvalue weighted by atomic mass is 10.0. The van der Waals surface area contributed by atoms with Gasteiger partial charge < -0.3 is 15.4 Å². The van der Waals surface area contributed by atoms with E-state index in [-0.39, 0.29) is 18.4 Å². The Morgan fingerprint density at radius 2 is 2.17 bits per heavy atom. The maximum Gasteiger partial charge on any atom is 0.243 e. The average Bonchev–Trinajstić information content (AvgIpc) is 2.36. The van der Waals surface area contributed by atoms with Gasteiger partial charge in [-0.15, -0.1) is 0 Å². The number of ether oxygens (including phenoxy) is 1. The molecule has 0 spiro atoms. The SMILES string of the molecule is COc1cc(CC2NC(=O)CNC2=O)ccc1C. The second-order valence-corrected chi connectivity index (χ2v) is 4.35. The summed E-state index contributed by atoms with van der Waals surface area (Å²) in [5.41, 5.74) is 2.00. The molecule has 0 aromatic heterocycles. The molecule has 2 amide bonds. The lowest BCUT2D eigenvalue weighted by Gasteiger charge is -2.23. The number of nitrogens with one attached hydrogen (secondary N) is 2. The topological polar surface area (TPSA) is 67.4 Å². The van der Waals surface area contributed by atoms with Gasteiger partial charge in [-0.25, -0.2) is 0 Å². The number of piperazine rings is 1. The van der Waals surface area contributed by atoms with E-state index in [1.54, 1.807) is 7.11 Å². The molecule has 96 valence electrons. The van der Waals surface area contributed by atoms with Gasteiger partial charge in [0.2, 0.25) is 11.8 Å². The Balaban J connectivity index is 2.13. The molecule has 0 bridgehead atoms. The largest absolute Gasteiger partial charge is 0.496 e. The van der Waals surface area contributed by atoms with Gasteiger partial charge in [-0.1, -0.05) is 12.1 Å². The molecule has 1 aromatic carbocycles. The minimum Gasteiger partial charge on any atom is -0.496 e. The Kier molecular flexibility index (Phi) is 3.50. The van der Waals surface area contributed by atoms with E-state index < -0.39 is 6.04 Å². The van der Waals surface area contributed by atoms with Gasteiger partial charge in [-0.3, -0.25) is 9.59 Å². The first-order chi connectivity index (χ1) is 8.60. The number of amides is 2. The summed E-state index contributed by atoms with van der Waals surface area (Å²) in [6.45, 7) is 2.02. The molecule has 2 rings (SSSR count). The average molecular weight is 248 g/mol. The van der Waals surface area contributed by atoms with Crippen molar-refractivity contribution >= 4 is 11.8 Å². The van der Waals surface area contributed by atoms with E-state index in [2.05, 4.69) is 10.6 Å². The Morgan fingerprint density at radius 3 is 2.89 bits per heavy atom. The van der Waals surface area contributed by atoms with Gasteiger partial charge in [0.15, 0.2) is 0 Å². The fourth-order valence-electron chi connectivity index (χ4n) is 1.97. The Morgan fingerprint density at radius 1 is 1.39 bits per heavy atom. The van der Waals surface area contributed by atoms with Crippen LogP contribution in [0.1, 0.15) is 11.1 Å². The van der Waals surface area contributed by atoms with E-state index in [1.165, 1.54) is 0 Å². The number of hydrogen-bond acceptors (Lipinski definition) is 3. The van der Waals surface area contributed by atoms with Crippen molar-refractivity contribution in [3.63, 3.8) is 0 Å². The van der Waals surface area contributed by atoms with Crippen molar-refractivity contribution < 1.29 is 14.3 Å². The van der Waals surface area contributed by atoms with E-state index in [4.69, 9.17) is 4.74 Å². The molecule has 1 aliphatic heterocycles. The number of rotatable bonds is 3. The van der Waals surface area contributed by atoms with Crippen LogP contribution >= 0.6 is 0 Å². The molecule has 5 nitrogen and oxygen atoms in total. The second kappa shape index (κ2) is 5.08. The first-order valence-corrected chi connectivity index (χ1v) is 5.80. The van der Waals surface area contributed by atoms with Gasteiger partial charge in [0.1, 0.15) is 11.8 Å². The van der Waals surface area contributed by atoms with Crippen LogP contribution in [0.4, 0.5) is 0 Å². The third-order valence-electron chi connectivity index (χ3n) is 2.99. The summed E-state index contributed by atoms with van der Waals surface area (Å²) in [5.74, 6) is 0.489. The van der Waals surface area contributed by atoms with Crippen LogP contribution in [0.15, 0.2) is 18.2 Å². The number of aryl methyl sites for hydroxylation is 1. The van der Waals surface area contributed by atoms with E-state index in [0.717, 1.165) is 16.9 Å². The van der Waals surface area contributed by atoms with E-state index in [0.29, 0.717) is 6.42 Å². The molecule has 5 heteroatoms. The van der Waals surface area contributed by atoms with Crippen LogP contribution < -0.4 is 15.4 Å². The molecule has 1 unspecified atom stereocenters. The monoisotopic (exact) mass is 248 g/mol. The van der Waals surface area contributed by atoms with Gasteiger partial charge in [0.25, 0.3) is 0 Å². The minimum atomic E-state index is -0.501. The summed E-state index contributed by atoms with van der Waals surface area (Å²) in [4.78, 5) is 22.8. The summed E-state index contributed by atoms with van der Waals surface area (Å²) in [7, 11) is 1.61. The fourth-order valence-corrected chi connectivity index (χ4v) is 1.97. The van der Waals surface area contributed by atoms with Gasteiger partial charge in [-0.2, -0.15) is 0 Å². The zero-order valence-electron chi connectivity index (χ0n) is 10.4. The summed E-state index contributed by atoms with van der Waals surface area (Å²) in [5, 5.41) is 5.23. The number of hydrogen-bond donors (Lipinski definition) is 2. The molecule has 1 heterocycles. The van der Waals surface area contributed by atoms with Crippen LogP contribution in [0.5, 0.6) is 5.75 Å². The maximum absolute atomic E-state index is 11.6. The number of methoxy groups -OCH3 is 1. The summed E-state index contributed by atoms with van der Waals surface area (Å²) in [6, 6.07) is 5.27. The zero-order chi connectivity index (χ0) is 13.1. The molecule has 1 fully saturated rings. The first kappa shape index (κ1) is 12.4. The summed E-state index contributed by atoms with van der Waals surface area (Å²) < 4.78 is 5.23. The highest BCUT2D eigenvalue weighted by Crippen LogP contribution is 2.20. The van der Waals surface area contributed by atoms with Crippen molar-refractivity contribution in [2.24, 2.45) is 0 Å². The molecule has 1 saturated heterocycles. The Bertz CT molecular complexity index is 485. The molecule has 1 aromatic rings. The van der Waals surface area contributed by atoms with Crippen molar-refractivity contribution in [2.75, 3.05) is 13.7 Å². The molecule has 0 radical (unpaired) electrons. The quantitative estimate of drug-likeness (QED) is 0.800. The molecule has 1 aliphatic rings. The number of benzene rings is 1. The van der Waals surface area contributed by atoms with Crippen LogP contribution in [-0.4, -0.2) is 31.5 Å². The Hall–Kier alpha value is -2.04. The van der Waals surface area contributed by atoms with Crippen molar-refractivity contribution in [3.05, 3.63) is 29.3 Å². The standard InChI is InChI=1S/C13H16N2O3/c1-8-3-4-9(6-11(8)18-2)5-10-13(17)14-7-12(16)15-10/h3-4,6,10H,5,7H2,1-2H3,(H,14,17)(H,15,16). The highest BCUT2D eigenvalue weighted by Gasteiger charge is 2.25. The van der Waals surface area contributed by atoms with Gasteiger partial charge in [-0.05, 0) is 24.1 Å². The van der Waals surface area contributed by atoms with Gasteiger partial charge in [0, 0.05) is 6.42 Å². The summed E-state index contributed by atoms with van der Waals surface area (Å²) in [6.07, 6.45) is 0.466. The third kappa shape index (κ3) is 2.61. The lowest BCUT2D eigenvalue weighted by molar-refractivity contribution is -0.133. The highest BCUT2D eigenvalue weighted by atomic mass is 16.5. The van der Waals surface area contributed by atoms with Crippen molar-refractivity contribution in [3.8, 4) is 5.75 Å². The fraction of sp³-hybridized carbons (Fsp3) is 0.385. The first-order valence-electron chi connectivity index (χ1n) is 5.80. The second-order valence-electron chi connectivity index (χ2n) is 4.35. The normalized spacial score (nSPS) is 19.1. The van der Waals surface area contributed by atoms with Crippen LogP contribution in [-0.2, 0) is 16.0 Å². The molecular formula is C13H16N2O3. The predicted octanol–water partition coefficient (Wildman–Crippen LogP) is 0.161. The molecular weight excluding hydrogens is 232 g/mol. The van der Waals surface area contributed by atoms with Crippen molar-refractivity contribution in [1.82, 2.24) is 10.6 Å². The third-order valence-corrected chi connectivity index (χ3v) is 2.99. The van der Waals surface area contributed by atoms with E-state index in [1.807, 2.05) is 25.1 Å². The highest BCUT2D eigenvalue weighted by molar-refractivity contribution is 5.94. The lowest BCUT2D eigenvalue weighted by Crippen LogP contribution is -2.56. The van der Waals surface area contributed by atoms with Crippen molar-refractivity contribution in [1.29, 1.82) is 0 Å². The number of carbonyl (C=O) groups excluding carboxylic acids is 2. The van der Waals surface area contributed by atoms with Crippen LogP contribution in [0.3, 0.4) is 0 Å². The maximum atomic E-state index is 11.6. The van der Waals surface area contributed by atoms with Crippen LogP contribution in [0, 0.1) is 6.92 Å². The van der Waals surface area contributed by atoms with E-state index in [9.17, 15) is 9.59 Å². The predicted molar refractivity (Wildman–Crippen MR) is 66.4 cm³/mol. The van der Waals surface area contributed by atoms with Gasteiger partial charge in [0.05, 0.1) is 13.7 Å². The summed E-state index contributed by atoms with van der Waals surface area (Å²) >= 11 is 0. The van der Waals surface area contributed by atoms with Crippen molar-refractivity contribution in [2.45, 2.75) is 19.4 Å². The van der Waals surface area contributed by atoms with Gasteiger partial charge >= 0.3 is 0 Å². The smallest absolute Gasteiger partial charge is 0.243 e. The van der Waals surface area contributed by atoms with E-state index >= 15 is 0 Å². The minimum absolute atomic E-state index is 0.0621. The molecule has 0 saturated carbocycles. The van der Waals surface area contributed by atoms with Crippen LogP contribution in [0.2, 0.25) is 0 Å². The molecule has 1 atom stereocenters. The molecule has 18 heavy (non-hydrogen) atoms. The van der Waals surface area contributed by atoms with Crippen LogP contribution in [0.25, 0.3) is 0 Å². The molecule has 2 N–H and O–H groups in total. The number of carbonyl (C=O) groups is 2. The Labute approximate surface area is 106 Å². The molecule has 0 aliphatic carbocycles.